The summed E-state index contributed by atoms with van der Waals surface area (Å²) in [7, 11) is 1.69. The first-order valence-corrected chi connectivity index (χ1v) is 5.34. The van der Waals surface area contributed by atoms with Crippen LogP contribution < -0.4 is 10.6 Å². The number of rotatable bonds is 6. The van der Waals surface area contributed by atoms with Crippen LogP contribution in [-0.4, -0.2) is 36.9 Å². The number of phenolic OH excluding ortho intramolecular Hbond substituents is 1. The van der Waals surface area contributed by atoms with Gasteiger partial charge in [0.15, 0.2) is 0 Å². The maximum Gasteiger partial charge on any atom is 0.237 e. The molecule has 92 valence electrons. The standard InChI is InChI=1S/C12H16N2O3/c1-13-11(12(17)14-6-7-15)8-9-2-4-10(16)5-3-9/h2-5,7,11,13,16H,6,8H2,1H3,(H,14,17). The summed E-state index contributed by atoms with van der Waals surface area (Å²) < 4.78 is 0. The molecule has 1 aromatic carbocycles. The van der Waals surface area contributed by atoms with Gasteiger partial charge >= 0.3 is 0 Å². The minimum Gasteiger partial charge on any atom is -0.508 e. The number of carbonyl (C=O) groups is 2. The molecule has 0 fully saturated rings. The van der Waals surface area contributed by atoms with Crippen molar-refractivity contribution in [1.29, 1.82) is 0 Å². The quantitative estimate of drug-likeness (QED) is 0.600. The number of aromatic hydroxyl groups is 1. The van der Waals surface area contributed by atoms with E-state index in [0.717, 1.165) is 5.56 Å². The van der Waals surface area contributed by atoms with Crippen molar-refractivity contribution in [1.82, 2.24) is 10.6 Å². The van der Waals surface area contributed by atoms with E-state index in [0.29, 0.717) is 12.7 Å². The van der Waals surface area contributed by atoms with Crippen molar-refractivity contribution in [3.8, 4) is 5.75 Å². The lowest BCUT2D eigenvalue weighted by atomic mass is 10.1. The fraction of sp³-hybridized carbons (Fsp3) is 0.333. The lowest BCUT2D eigenvalue weighted by Crippen LogP contribution is -2.44. The molecule has 1 atom stereocenters. The highest BCUT2D eigenvalue weighted by Gasteiger charge is 2.15. The van der Waals surface area contributed by atoms with E-state index in [1.54, 1.807) is 31.3 Å². The summed E-state index contributed by atoms with van der Waals surface area (Å²) in [4.78, 5) is 21.8. The fourth-order valence-corrected chi connectivity index (χ4v) is 1.46. The molecule has 1 unspecified atom stereocenters. The number of phenols is 1. The van der Waals surface area contributed by atoms with Gasteiger partial charge in [0.1, 0.15) is 12.0 Å². The summed E-state index contributed by atoms with van der Waals surface area (Å²) in [6.07, 6.45) is 1.15. The monoisotopic (exact) mass is 236 g/mol. The Morgan fingerprint density at radius 3 is 2.59 bits per heavy atom. The first kappa shape index (κ1) is 13.2. The van der Waals surface area contributed by atoms with Gasteiger partial charge in [0.25, 0.3) is 0 Å². The molecule has 0 aliphatic carbocycles. The van der Waals surface area contributed by atoms with E-state index in [2.05, 4.69) is 10.6 Å². The number of aldehydes is 1. The third-order valence-electron chi connectivity index (χ3n) is 2.40. The summed E-state index contributed by atoms with van der Waals surface area (Å²) in [5, 5.41) is 14.5. The van der Waals surface area contributed by atoms with Gasteiger partial charge in [0.05, 0.1) is 12.6 Å². The van der Waals surface area contributed by atoms with Crippen LogP contribution in [0.3, 0.4) is 0 Å². The van der Waals surface area contributed by atoms with Crippen LogP contribution in [0.5, 0.6) is 5.75 Å². The van der Waals surface area contributed by atoms with Crippen LogP contribution in [0.2, 0.25) is 0 Å². The Morgan fingerprint density at radius 1 is 1.41 bits per heavy atom. The molecule has 5 heteroatoms. The van der Waals surface area contributed by atoms with Gasteiger partial charge in [-0.15, -0.1) is 0 Å². The highest BCUT2D eigenvalue weighted by Crippen LogP contribution is 2.11. The van der Waals surface area contributed by atoms with Gasteiger partial charge in [-0.1, -0.05) is 12.1 Å². The van der Waals surface area contributed by atoms with E-state index in [4.69, 9.17) is 5.11 Å². The molecule has 0 heterocycles. The second-order valence-corrected chi connectivity index (χ2v) is 3.62. The Hall–Kier alpha value is -1.88. The van der Waals surface area contributed by atoms with Gasteiger partial charge in [-0.2, -0.15) is 0 Å². The van der Waals surface area contributed by atoms with Crippen molar-refractivity contribution in [3.63, 3.8) is 0 Å². The highest BCUT2D eigenvalue weighted by atomic mass is 16.3. The molecule has 0 aliphatic rings. The molecule has 1 rings (SSSR count). The molecule has 0 aliphatic heterocycles. The van der Waals surface area contributed by atoms with Crippen LogP contribution >= 0.6 is 0 Å². The highest BCUT2D eigenvalue weighted by molar-refractivity contribution is 5.83. The Balaban J connectivity index is 2.59. The fourth-order valence-electron chi connectivity index (χ4n) is 1.46. The van der Waals surface area contributed by atoms with Gasteiger partial charge in [-0.05, 0) is 31.2 Å². The number of carbonyl (C=O) groups excluding carboxylic acids is 2. The average molecular weight is 236 g/mol. The normalized spacial score (nSPS) is 11.8. The maximum absolute atomic E-state index is 11.6. The first-order chi connectivity index (χ1) is 8.17. The van der Waals surface area contributed by atoms with Crippen LogP contribution in [0.4, 0.5) is 0 Å². The Bertz CT molecular complexity index is 376. The van der Waals surface area contributed by atoms with Crippen LogP contribution in [-0.2, 0) is 16.0 Å². The zero-order valence-electron chi connectivity index (χ0n) is 9.64. The molecular formula is C12H16N2O3. The molecule has 0 bridgehead atoms. The molecule has 1 aromatic rings. The second-order valence-electron chi connectivity index (χ2n) is 3.62. The average Bonchev–Trinajstić information content (AvgIpc) is 2.35. The SMILES string of the molecule is CNC(Cc1ccc(O)cc1)C(=O)NCC=O. The zero-order chi connectivity index (χ0) is 12.7. The van der Waals surface area contributed by atoms with Gasteiger partial charge in [-0.25, -0.2) is 0 Å². The number of benzene rings is 1. The second kappa shape index (κ2) is 6.65. The third kappa shape index (κ3) is 4.24. The summed E-state index contributed by atoms with van der Waals surface area (Å²) in [6, 6.07) is 6.27. The van der Waals surface area contributed by atoms with Gasteiger partial charge in [-0.3, -0.25) is 4.79 Å². The van der Waals surface area contributed by atoms with E-state index in [-0.39, 0.29) is 24.2 Å². The molecule has 17 heavy (non-hydrogen) atoms. The largest absolute Gasteiger partial charge is 0.508 e. The van der Waals surface area contributed by atoms with Crippen LogP contribution in [0.1, 0.15) is 5.56 Å². The summed E-state index contributed by atoms with van der Waals surface area (Å²) in [5.74, 6) is -0.0205. The molecule has 0 radical (unpaired) electrons. The number of hydrogen-bond acceptors (Lipinski definition) is 4. The Morgan fingerprint density at radius 2 is 2.06 bits per heavy atom. The summed E-state index contributed by atoms with van der Waals surface area (Å²) >= 11 is 0. The van der Waals surface area contributed by atoms with Crippen molar-refractivity contribution >= 4 is 12.2 Å². The van der Waals surface area contributed by atoms with E-state index >= 15 is 0 Å². The number of amides is 1. The van der Waals surface area contributed by atoms with E-state index in [1.165, 1.54) is 0 Å². The minimum absolute atomic E-state index is 0.0204. The molecule has 0 aromatic heterocycles. The molecule has 0 saturated heterocycles. The van der Waals surface area contributed by atoms with Crippen molar-refractivity contribution in [2.75, 3.05) is 13.6 Å². The van der Waals surface area contributed by atoms with E-state index in [1.807, 2.05) is 0 Å². The number of likely N-dealkylation sites (N-methyl/N-ethyl adjacent to an activating group) is 1. The maximum atomic E-state index is 11.6. The lowest BCUT2D eigenvalue weighted by molar-refractivity contribution is -0.124. The predicted molar refractivity (Wildman–Crippen MR) is 63.7 cm³/mol. The molecule has 5 nitrogen and oxygen atoms in total. The van der Waals surface area contributed by atoms with Crippen molar-refractivity contribution in [2.45, 2.75) is 12.5 Å². The molecule has 0 spiro atoms. The predicted octanol–water partition coefficient (Wildman–Crippen LogP) is -0.162. The van der Waals surface area contributed by atoms with Crippen molar-refractivity contribution in [3.05, 3.63) is 29.8 Å². The van der Waals surface area contributed by atoms with Crippen molar-refractivity contribution < 1.29 is 14.7 Å². The smallest absolute Gasteiger partial charge is 0.237 e. The van der Waals surface area contributed by atoms with Crippen molar-refractivity contribution in [2.24, 2.45) is 0 Å². The Labute approximate surface area is 99.8 Å². The lowest BCUT2D eigenvalue weighted by Gasteiger charge is -2.15. The molecule has 1 amide bonds. The van der Waals surface area contributed by atoms with Gasteiger partial charge < -0.3 is 20.5 Å². The number of nitrogens with one attached hydrogen (secondary N) is 2. The topological polar surface area (TPSA) is 78.4 Å². The van der Waals surface area contributed by atoms with Crippen LogP contribution in [0.25, 0.3) is 0 Å². The number of hydrogen-bond donors (Lipinski definition) is 3. The van der Waals surface area contributed by atoms with E-state index < -0.39 is 0 Å². The first-order valence-electron chi connectivity index (χ1n) is 5.34. The minimum atomic E-state index is -0.389. The zero-order valence-corrected chi connectivity index (χ0v) is 9.64. The molecule has 0 saturated carbocycles. The Kier molecular flexibility index (Phi) is 5.16. The molecular weight excluding hydrogens is 220 g/mol. The van der Waals surface area contributed by atoms with Crippen LogP contribution in [0.15, 0.2) is 24.3 Å². The summed E-state index contributed by atoms with van der Waals surface area (Å²) in [5.41, 5.74) is 0.934. The van der Waals surface area contributed by atoms with Gasteiger partial charge in [0.2, 0.25) is 5.91 Å². The summed E-state index contributed by atoms with van der Waals surface area (Å²) in [6.45, 7) is 0.0204. The van der Waals surface area contributed by atoms with Crippen LogP contribution in [0, 0.1) is 0 Å². The molecule has 3 N–H and O–H groups in total. The van der Waals surface area contributed by atoms with Gasteiger partial charge in [0, 0.05) is 0 Å². The third-order valence-corrected chi connectivity index (χ3v) is 2.40. The van der Waals surface area contributed by atoms with E-state index in [9.17, 15) is 9.59 Å².